The van der Waals surface area contributed by atoms with E-state index in [2.05, 4.69) is 15.8 Å². The van der Waals surface area contributed by atoms with Crippen molar-refractivity contribution in [3.63, 3.8) is 0 Å². The second kappa shape index (κ2) is 9.52. The smallest absolute Gasteiger partial charge is 0.271 e. The summed E-state index contributed by atoms with van der Waals surface area (Å²) >= 11 is 0. The normalized spacial score (nSPS) is 10.8. The van der Waals surface area contributed by atoms with E-state index >= 15 is 0 Å². The van der Waals surface area contributed by atoms with Crippen LogP contribution in [-0.4, -0.2) is 21.4 Å². The van der Waals surface area contributed by atoms with E-state index in [-0.39, 0.29) is 12.8 Å². The Hall–Kier alpha value is -4.20. The number of aryl methyl sites for hydroxylation is 2. The van der Waals surface area contributed by atoms with Crippen LogP contribution < -0.4 is 10.9 Å². The SMILES string of the molecule is Cc1cc(C(=O)NNC(=O)CCc2ncc(-c3ccccc3F)o2)c(C)n1-c1ccccc1. The van der Waals surface area contributed by atoms with Crippen LogP contribution in [0.15, 0.2) is 71.3 Å². The molecule has 2 N–H and O–H groups in total. The van der Waals surface area contributed by atoms with Gasteiger partial charge < -0.3 is 8.98 Å². The van der Waals surface area contributed by atoms with E-state index in [1.165, 1.54) is 12.3 Å². The van der Waals surface area contributed by atoms with Crippen LogP contribution in [0.4, 0.5) is 4.39 Å². The van der Waals surface area contributed by atoms with Gasteiger partial charge in [-0.1, -0.05) is 30.3 Å². The Morgan fingerprint density at radius 1 is 1.03 bits per heavy atom. The summed E-state index contributed by atoms with van der Waals surface area (Å²) in [6.07, 6.45) is 1.68. The number of hydrogen-bond donors (Lipinski definition) is 2. The molecule has 7 nitrogen and oxygen atoms in total. The van der Waals surface area contributed by atoms with Gasteiger partial charge >= 0.3 is 0 Å². The lowest BCUT2D eigenvalue weighted by atomic mass is 10.2. The average Bonchev–Trinajstić information content (AvgIpc) is 3.41. The van der Waals surface area contributed by atoms with E-state index in [1.807, 2.05) is 48.7 Å². The Morgan fingerprint density at radius 2 is 1.76 bits per heavy atom. The molecule has 0 spiro atoms. The first kappa shape index (κ1) is 22.0. The monoisotopic (exact) mass is 446 g/mol. The zero-order chi connectivity index (χ0) is 23.4. The number of hydrogen-bond acceptors (Lipinski definition) is 4. The van der Waals surface area contributed by atoms with Crippen molar-refractivity contribution in [2.45, 2.75) is 26.7 Å². The average molecular weight is 446 g/mol. The number of hydrazine groups is 1. The van der Waals surface area contributed by atoms with Gasteiger partial charge in [0.25, 0.3) is 5.91 Å². The van der Waals surface area contributed by atoms with Gasteiger partial charge in [0.1, 0.15) is 5.82 Å². The van der Waals surface area contributed by atoms with Gasteiger partial charge in [0, 0.05) is 29.9 Å². The Balaban J connectivity index is 1.33. The topological polar surface area (TPSA) is 89.2 Å². The van der Waals surface area contributed by atoms with E-state index in [0.717, 1.165) is 17.1 Å². The van der Waals surface area contributed by atoms with Gasteiger partial charge in [-0.3, -0.25) is 20.4 Å². The molecule has 4 aromatic rings. The maximum atomic E-state index is 13.9. The number of para-hydroxylation sites is 1. The molecule has 0 aliphatic rings. The molecule has 2 heterocycles. The maximum Gasteiger partial charge on any atom is 0.271 e. The number of rotatable bonds is 6. The van der Waals surface area contributed by atoms with Crippen molar-refractivity contribution in [3.05, 3.63) is 95.5 Å². The first-order valence-electron chi connectivity index (χ1n) is 10.5. The first-order valence-corrected chi connectivity index (χ1v) is 10.5. The molecule has 168 valence electrons. The number of carbonyl (C=O) groups excluding carboxylic acids is 2. The van der Waals surface area contributed by atoms with Crippen LogP contribution in [0.1, 0.15) is 34.1 Å². The highest BCUT2D eigenvalue weighted by molar-refractivity contribution is 5.97. The number of nitrogens with zero attached hydrogens (tertiary/aromatic N) is 2. The Bertz CT molecular complexity index is 1290. The zero-order valence-electron chi connectivity index (χ0n) is 18.3. The number of nitrogens with one attached hydrogen (secondary N) is 2. The fourth-order valence-electron chi connectivity index (χ4n) is 3.66. The van der Waals surface area contributed by atoms with E-state index < -0.39 is 17.6 Å². The standard InChI is InChI=1S/C25H23FN4O3/c1-16-14-20(17(2)30(16)18-8-4-3-5-9-18)25(32)29-28-23(31)12-13-24-27-15-22(33-24)19-10-6-7-11-21(19)26/h3-11,14-15H,12-13H2,1-2H3,(H,28,31)(H,29,32). The Labute approximate surface area is 190 Å². The van der Waals surface area contributed by atoms with Crippen LogP contribution in [-0.2, 0) is 11.2 Å². The second-order valence-corrected chi connectivity index (χ2v) is 7.56. The van der Waals surface area contributed by atoms with Crippen LogP contribution >= 0.6 is 0 Å². The molecule has 2 aromatic carbocycles. The molecular formula is C25H23FN4O3. The highest BCUT2D eigenvalue weighted by atomic mass is 19.1. The van der Waals surface area contributed by atoms with Crippen LogP contribution in [0.25, 0.3) is 17.0 Å². The molecule has 4 rings (SSSR count). The number of benzene rings is 2. The predicted octanol–water partition coefficient (Wildman–Crippen LogP) is 4.28. The van der Waals surface area contributed by atoms with Crippen LogP contribution in [0.3, 0.4) is 0 Å². The van der Waals surface area contributed by atoms with Gasteiger partial charge in [0.05, 0.1) is 17.3 Å². The third-order valence-corrected chi connectivity index (χ3v) is 5.26. The largest absolute Gasteiger partial charge is 0.441 e. The van der Waals surface area contributed by atoms with Gasteiger partial charge in [0.15, 0.2) is 11.7 Å². The first-order chi connectivity index (χ1) is 15.9. The van der Waals surface area contributed by atoms with Crippen molar-refractivity contribution in [3.8, 4) is 17.0 Å². The lowest BCUT2D eigenvalue weighted by Gasteiger charge is -2.10. The molecule has 0 aliphatic heterocycles. The zero-order valence-corrected chi connectivity index (χ0v) is 18.3. The lowest BCUT2D eigenvalue weighted by molar-refractivity contribution is -0.121. The highest BCUT2D eigenvalue weighted by Gasteiger charge is 2.17. The predicted molar refractivity (Wildman–Crippen MR) is 121 cm³/mol. The quantitative estimate of drug-likeness (QED) is 0.433. The van der Waals surface area contributed by atoms with E-state index in [4.69, 9.17) is 4.42 Å². The van der Waals surface area contributed by atoms with Gasteiger partial charge in [-0.15, -0.1) is 0 Å². The van der Waals surface area contributed by atoms with Crippen molar-refractivity contribution in [2.75, 3.05) is 0 Å². The summed E-state index contributed by atoms with van der Waals surface area (Å²) in [6.45, 7) is 3.77. The summed E-state index contributed by atoms with van der Waals surface area (Å²) in [4.78, 5) is 28.9. The Kier molecular flexibility index (Phi) is 6.35. The van der Waals surface area contributed by atoms with Gasteiger partial charge in [-0.25, -0.2) is 9.37 Å². The third-order valence-electron chi connectivity index (χ3n) is 5.26. The summed E-state index contributed by atoms with van der Waals surface area (Å²) in [5, 5.41) is 0. The molecule has 0 saturated carbocycles. The Morgan fingerprint density at radius 3 is 2.52 bits per heavy atom. The fourth-order valence-corrected chi connectivity index (χ4v) is 3.66. The number of halogens is 1. The van der Waals surface area contributed by atoms with Crippen molar-refractivity contribution >= 4 is 11.8 Å². The molecule has 0 saturated heterocycles. The lowest BCUT2D eigenvalue weighted by Crippen LogP contribution is -2.41. The molecule has 0 fully saturated rings. The van der Waals surface area contributed by atoms with Gasteiger partial charge in [0.2, 0.25) is 5.91 Å². The minimum atomic E-state index is -0.410. The molecule has 0 radical (unpaired) electrons. The fraction of sp³-hybridized carbons (Fsp3) is 0.160. The molecule has 8 heteroatoms. The summed E-state index contributed by atoms with van der Waals surface area (Å²) in [6, 6.07) is 17.7. The molecule has 0 unspecified atom stereocenters. The van der Waals surface area contributed by atoms with E-state index in [0.29, 0.717) is 22.8 Å². The van der Waals surface area contributed by atoms with Crippen molar-refractivity contribution in [1.82, 2.24) is 20.4 Å². The summed E-state index contributed by atoms with van der Waals surface area (Å²) < 4.78 is 21.4. The maximum absolute atomic E-state index is 13.9. The summed E-state index contributed by atoms with van der Waals surface area (Å²) in [7, 11) is 0. The number of aromatic nitrogens is 2. The molecule has 2 amide bonds. The highest BCUT2D eigenvalue weighted by Crippen LogP contribution is 2.24. The minimum Gasteiger partial charge on any atom is -0.441 e. The molecule has 33 heavy (non-hydrogen) atoms. The molecule has 0 aliphatic carbocycles. The molecule has 2 aromatic heterocycles. The van der Waals surface area contributed by atoms with Crippen LogP contribution in [0.2, 0.25) is 0 Å². The van der Waals surface area contributed by atoms with Crippen molar-refractivity contribution in [2.24, 2.45) is 0 Å². The summed E-state index contributed by atoms with van der Waals surface area (Å²) in [5.74, 6) is -0.610. The van der Waals surface area contributed by atoms with Crippen LogP contribution in [0.5, 0.6) is 0 Å². The van der Waals surface area contributed by atoms with Crippen molar-refractivity contribution < 1.29 is 18.4 Å². The summed E-state index contributed by atoms with van der Waals surface area (Å²) in [5.41, 5.74) is 8.28. The molecule has 0 bridgehead atoms. The second-order valence-electron chi connectivity index (χ2n) is 7.56. The third kappa shape index (κ3) is 4.85. The minimum absolute atomic E-state index is 0.0422. The van der Waals surface area contributed by atoms with E-state index in [1.54, 1.807) is 24.3 Å². The molecular weight excluding hydrogens is 423 g/mol. The van der Waals surface area contributed by atoms with Gasteiger partial charge in [-0.2, -0.15) is 0 Å². The van der Waals surface area contributed by atoms with Crippen molar-refractivity contribution in [1.29, 1.82) is 0 Å². The van der Waals surface area contributed by atoms with Gasteiger partial charge in [-0.05, 0) is 44.2 Å². The molecule has 0 atom stereocenters. The number of carbonyl (C=O) groups is 2. The van der Waals surface area contributed by atoms with E-state index in [9.17, 15) is 14.0 Å². The number of amides is 2. The number of oxazole rings is 1. The van der Waals surface area contributed by atoms with Crippen LogP contribution in [0, 0.1) is 19.7 Å².